The smallest absolute Gasteiger partial charge is 0.340 e. The number of nitrogens with zero attached hydrogens (tertiary/aromatic N) is 1. The first-order valence-corrected chi connectivity index (χ1v) is 10.3. The molecule has 1 aliphatic heterocycles. The Labute approximate surface area is 183 Å². The van der Waals surface area contributed by atoms with Gasteiger partial charge in [0.05, 0.1) is 22.8 Å². The summed E-state index contributed by atoms with van der Waals surface area (Å²) >= 11 is 0. The molecule has 3 N–H and O–H groups in total. The van der Waals surface area contributed by atoms with E-state index < -0.39 is 17.0 Å². The second kappa shape index (κ2) is 8.03. The van der Waals surface area contributed by atoms with E-state index >= 15 is 0 Å². The molecule has 0 spiro atoms. The van der Waals surface area contributed by atoms with Crippen LogP contribution in [0.4, 0.5) is 0 Å². The average Bonchev–Trinajstić information content (AvgIpc) is 2.76. The molecule has 0 atom stereocenters. The molecule has 2 aromatic carbocycles. The lowest BCUT2D eigenvalue weighted by Gasteiger charge is -2.39. The number of carboxylic acids is 1. The number of aromatic hydroxyl groups is 2. The van der Waals surface area contributed by atoms with E-state index in [1.165, 1.54) is 6.07 Å². The zero-order valence-electron chi connectivity index (χ0n) is 17.5. The molecule has 1 fully saturated rings. The molecule has 0 radical (unpaired) electrons. The number of benzene rings is 2. The van der Waals surface area contributed by atoms with Crippen molar-refractivity contribution in [1.29, 1.82) is 0 Å². The first-order chi connectivity index (χ1) is 15.2. The highest BCUT2D eigenvalue weighted by Gasteiger charge is 2.43. The lowest BCUT2D eigenvalue weighted by atomic mass is 9.73. The van der Waals surface area contributed by atoms with Gasteiger partial charge in [0.25, 0.3) is 0 Å². The number of fused-ring (bicyclic) bond motifs is 1. The molecule has 0 bridgehead atoms. The fraction of sp³-hybridized carbons (Fsp3) is 0.292. The topological polar surface area (TPSA) is 128 Å². The van der Waals surface area contributed by atoms with Gasteiger partial charge in [-0.15, -0.1) is 0 Å². The molecular weight excluding hydrogens is 414 g/mol. The van der Waals surface area contributed by atoms with Gasteiger partial charge in [-0.25, -0.2) is 4.79 Å². The molecule has 0 aliphatic carbocycles. The number of likely N-dealkylation sites (tertiary alicyclic amines) is 1. The van der Waals surface area contributed by atoms with Crippen molar-refractivity contribution in [1.82, 2.24) is 4.90 Å². The largest absolute Gasteiger partial charge is 0.508 e. The zero-order chi connectivity index (χ0) is 23.0. The predicted octanol–water partition coefficient (Wildman–Crippen LogP) is 2.70. The van der Waals surface area contributed by atoms with E-state index in [0.29, 0.717) is 11.1 Å². The van der Waals surface area contributed by atoms with Crippen LogP contribution in [0.15, 0.2) is 51.7 Å². The van der Waals surface area contributed by atoms with E-state index in [1.54, 1.807) is 36.1 Å². The number of phenolic OH excluding ortho intramolecular Hbond substituents is 2. The monoisotopic (exact) mass is 437 g/mol. The third-order valence-corrected chi connectivity index (χ3v) is 6.38. The summed E-state index contributed by atoms with van der Waals surface area (Å²) < 4.78 is 5.22. The van der Waals surface area contributed by atoms with Crippen molar-refractivity contribution in [2.24, 2.45) is 0 Å². The van der Waals surface area contributed by atoms with Crippen LogP contribution in [0.2, 0.25) is 0 Å². The number of aliphatic carboxylic acids is 1. The summed E-state index contributed by atoms with van der Waals surface area (Å²) in [7, 11) is 0. The van der Waals surface area contributed by atoms with Crippen LogP contribution in [0, 0.1) is 6.92 Å². The highest BCUT2D eigenvalue weighted by Crippen LogP contribution is 2.36. The van der Waals surface area contributed by atoms with Gasteiger partial charge in [-0.2, -0.15) is 0 Å². The third-order valence-electron chi connectivity index (χ3n) is 6.38. The summed E-state index contributed by atoms with van der Waals surface area (Å²) in [6, 6.07) is 11.4. The summed E-state index contributed by atoms with van der Waals surface area (Å²) in [5.74, 6) is -1.72. The Kier molecular flexibility index (Phi) is 5.38. The summed E-state index contributed by atoms with van der Waals surface area (Å²) in [5, 5.41) is 30.0. The van der Waals surface area contributed by atoms with Gasteiger partial charge >= 0.3 is 11.6 Å². The molecule has 4 rings (SSSR count). The van der Waals surface area contributed by atoms with E-state index in [1.807, 2.05) is 6.07 Å². The van der Waals surface area contributed by atoms with Gasteiger partial charge < -0.3 is 24.6 Å². The number of piperidine rings is 1. The molecule has 32 heavy (non-hydrogen) atoms. The summed E-state index contributed by atoms with van der Waals surface area (Å²) in [5.41, 5.74) is -0.485. The van der Waals surface area contributed by atoms with E-state index in [2.05, 4.69) is 0 Å². The number of amides is 1. The number of phenols is 2. The standard InChI is InChI=1S/C24H23NO7/c1-14-17(22(29)32-19-12-16(26)11-18(27)21(14)19)13-20(28)25-9-7-24(8-10-25,23(30)31)15-5-3-2-4-6-15/h2-6,11-12,26-27H,7-10,13H2,1H3,(H,30,31). The van der Waals surface area contributed by atoms with Crippen LogP contribution in [-0.4, -0.2) is 45.2 Å². The Morgan fingerprint density at radius 1 is 1.09 bits per heavy atom. The molecule has 8 heteroatoms. The van der Waals surface area contributed by atoms with Crippen LogP contribution in [0.25, 0.3) is 11.0 Å². The predicted molar refractivity (Wildman–Crippen MR) is 116 cm³/mol. The maximum atomic E-state index is 13.0. The van der Waals surface area contributed by atoms with E-state index in [-0.39, 0.29) is 66.3 Å². The van der Waals surface area contributed by atoms with Crippen molar-refractivity contribution in [3.8, 4) is 11.5 Å². The van der Waals surface area contributed by atoms with Gasteiger partial charge in [-0.1, -0.05) is 30.3 Å². The highest BCUT2D eigenvalue weighted by molar-refractivity contribution is 5.90. The Hall–Kier alpha value is -3.81. The van der Waals surface area contributed by atoms with Crippen molar-refractivity contribution in [3.63, 3.8) is 0 Å². The summed E-state index contributed by atoms with van der Waals surface area (Å²) in [6.07, 6.45) is 0.308. The molecule has 1 aliphatic rings. The van der Waals surface area contributed by atoms with Crippen molar-refractivity contribution in [2.75, 3.05) is 13.1 Å². The second-order valence-corrected chi connectivity index (χ2v) is 8.14. The van der Waals surface area contributed by atoms with E-state index in [9.17, 15) is 29.7 Å². The number of rotatable bonds is 4. The van der Waals surface area contributed by atoms with Crippen molar-refractivity contribution in [2.45, 2.75) is 31.6 Å². The van der Waals surface area contributed by atoms with Crippen LogP contribution < -0.4 is 5.63 Å². The van der Waals surface area contributed by atoms with Crippen LogP contribution >= 0.6 is 0 Å². The van der Waals surface area contributed by atoms with Crippen molar-refractivity contribution < 1.29 is 29.3 Å². The fourth-order valence-electron chi connectivity index (χ4n) is 4.50. The third kappa shape index (κ3) is 3.57. The van der Waals surface area contributed by atoms with Crippen molar-refractivity contribution in [3.05, 3.63) is 69.6 Å². The van der Waals surface area contributed by atoms with Crippen LogP contribution in [-0.2, 0) is 21.4 Å². The number of hydrogen-bond donors (Lipinski definition) is 3. The van der Waals surface area contributed by atoms with Gasteiger partial charge in [0, 0.05) is 25.2 Å². The lowest BCUT2D eigenvalue weighted by Crippen LogP contribution is -2.49. The minimum Gasteiger partial charge on any atom is -0.508 e. The van der Waals surface area contributed by atoms with Gasteiger partial charge in [0.1, 0.15) is 17.1 Å². The molecule has 1 aromatic heterocycles. The maximum Gasteiger partial charge on any atom is 0.340 e. The summed E-state index contributed by atoms with van der Waals surface area (Å²) in [6.45, 7) is 2.11. The number of hydrogen-bond acceptors (Lipinski definition) is 6. The molecule has 166 valence electrons. The first kappa shape index (κ1) is 21.4. The normalized spacial score (nSPS) is 15.6. The number of carbonyl (C=O) groups excluding carboxylic acids is 1. The van der Waals surface area contributed by atoms with Gasteiger partial charge in [-0.3, -0.25) is 9.59 Å². The first-order valence-electron chi connectivity index (χ1n) is 10.3. The molecule has 8 nitrogen and oxygen atoms in total. The maximum absolute atomic E-state index is 13.0. The van der Waals surface area contributed by atoms with Crippen molar-refractivity contribution >= 4 is 22.8 Å². The Morgan fingerprint density at radius 3 is 2.38 bits per heavy atom. The SMILES string of the molecule is Cc1c(CC(=O)N2CCC(C(=O)O)(c3ccccc3)CC2)c(=O)oc2cc(O)cc(O)c12. The van der Waals surface area contributed by atoms with Gasteiger partial charge in [0.2, 0.25) is 5.91 Å². The average molecular weight is 437 g/mol. The number of aryl methyl sites for hydroxylation is 1. The Morgan fingerprint density at radius 2 is 1.75 bits per heavy atom. The molecule has 3 aromatic rings. The Balaban J connectivity index is 1.57. The van der Waals surface area contributed by atoms with E-state index in [0.717, 1.165) is 6.07 Å². The molecule has 0 unspecified atom stereocenters. The fourth-order valence-corrected chi connectivity index (χ4v) is 4.50. The lowest BCUT2D eigenvalue weighted by molar-refractivity contribution is -0.148. The minimum atomic E-state index is -1.05. The van der Waals surface area contributed by atoms with Gasteiger partial charge in [-0.05, 0) is 30.9 Å². The number of carbonyl (C=O) groups is 2. The number of carboxylic acid groups (broad SMARTS) is 1. The van der Waals surface area contributed by atoms with Crippen LogP contribution in [0.1, 0.15) is 29.5 Å². The quantitative estimate of drug-likeness (QED) is 0.535. The van der Waals surface area contributed by atoms with E-state index in [4.69, 9.17) is 4.42 Å². The zero-order valence-corrected chi connectivity index (χ0v) is 17.5. The summed E-state index contributed by atoms with van der Waals surface area (Å²) in [4.78, 5) is 39.1. The Bertz CT molecular complexity index is 1250. The molecule has 1 amide bonds. The van der Waals surface area contributed by atoms with Gasteiger partial charge in [0.15, 0.2) is 0 Å². The van der Waals surface area contributed by atoms with Crippen LogP contribution in [0.3, 0.4) is 0 Å². The van der Waals surface area contributed by atoms with Crippen LogP contribution in [0.5, 0.6) is 11.5 Å². The minimum absolute atomic E-state index is 0.0354. The molecule has 0 saturated carbocycles. The highest BCUT2D eigenvalue weighted by atomic mass is 16.4. The second-order valence-electron chi connectivity index (χ2n) is 8.14. The molecular formula is C24H23NO7. The molecule has 1 saturated heterocycles. The molecule has 2 heterocycles.